The summed E-state index contributed by atoms with van der Waals surface area (Å²) in [4.78, 5) is 22.2. The van der Waals surface area contributed by atoms with E-state index in [2.05, 4.69) is 15.9 Å². The number of hydrogen-bond donors (Lipinski definition) is 0. The quantitative estimate of drug-likeness (QED) is 0.484. The summed E-state index contributed by atoms with van der Waals surface area (Å²) in [6, 6.07) is 2.84. The van der Waals surface area contributed by atoms with Crippen LogP contribution in [0.15, 0.2) is 23.1 Å². The molecule has 0 saturated heterocycles. The van der Waals surface area contributed by atoms with Crippen molar-refractivity contribution in [1.82, 2.24) is 4.57 Å². The van der Waals surface area contributed by atoms with Gasteiger partial charge in [0.05, 0.1) is 4.92 Å². The Labute approximate surface area is 119 Å². The Morgan fingerprint density at radius 3 is 2.63 bits per heavy atom. The fourth-order valence-corrected chi connectivity index (χ4v) is 3.52. The Morgan fingerprint density at radius 2 is 2.05 bits per heavy atom. The van der Waals surface area contributed by atoms with Gasteiger partial charge in [-0.3, -0.25) is 14.9 Å². The van der Waals surface area contributed by atoms with Gasteiger partial charge in [-0.2, -0.15) is 0 Å². The second-order valence-corrected chi connectivity index (χ2v) is 5.84. The number of alkyl halides is 1. The molecule has 104 valence electrons. The molecule has 6 heteroatoms. The first-order valence-corrected chi connectivity index (χ1v) is 7.60. The van der Waals surface area contributed by atoms with Gasteiger partial charge in [0.1, 0.15) is 0 Å². The van der Waals surface area contributed by atoms with E-state index in [1.807, 2.05) is 0 Å². The maximum absolute atomic E-state index is 12.0. The molecule has 0 bridgehead atoms. The van der Waals surface area contributed by atoms with Crippen molar-refractivity contribution in [3.05, 3.63) is 38.8 Å². The number of nitrogens with zero attached hydrogens (tertiary/aromatic N) is 2. The molecular formula is C13H17BrN2O3. The molecule has 0 spiro atoms. The Morgan fingerprint density at radius 1 is 1.37 bits per heavy atom. The van der Waals surface area contributed by atoms with Crippen LogP contribution in [0.5, 0.6) is 0 Å². The molecule has 1 aromatic heterocycles. The largest absolute Gasteiger partial charge is 0.334 e. The van der Waals surface area contributed by atoms with Crippen molar-refractivity contribution in [2.75, 3.05) is 5.33 Å². The van der Waals surface area contributed by atoms with E-state index in [0.717, 1.165) is 31.0 Å². The van der Waals surface area contributed by atoms with Gasteiger partial charge in [-0.25, -0.2) is 0 Å². The summed E-state index contributed by atoms with van der Waals surface area (Å²) in [6.45, 7) is 0.554. The molecule has 1 aromatic rings. The zero-order chi connectivity index (χ0) is 13.9. The third kappa shape index (κ3) is 3.05. The zero-order valence-corrected chi connectivity index (χ0v) is 12.3. The van der Waals surface area contributed by atoms with Crippen molar-refractivity contribution in [2.45, 2.75) is 38.6 Å². The monoisotopic (exact) mass is 328 g/mol. The van der Waals surface area contributed by atoms with Crippen LogP contribution in [0.25, 0.3) is 0 Å². The van der Waals surface area contributed by atoms with E-state index in [9.17, 15) is 14.9 Å². The van der Waals surface area contributed by atoms with Gasteiger partial charge in [0.25, 0.3) is 0 Å². The molecule has 0 N–H and O–H groups in total. The van der Waals surface area contributed by atoms with Crippen molar-refractivity contribution in [3.63, 3.8) is 0 Å². The van der Waals surface area contributed by atoms with Gasteiger partial charge in [0.2, 0.25) is 0 Å². The summed E-state index contributed by atoms with van der Waals surface area (Å²) in [5.41, 5.74) is -0.793. The van der Waals surface area contributed by atoms with Gasteiger partial charge in [-0.15, -0.1) is 0 Å². The van der Waals surface area contributed by atoms with Crippen LogP contribution in [-0.2, 0) is 6.54 Å². The smallest absolute Gasteiger partial charge is 0.309 e. The minimum Gasteiger partial charge on any atom is -0.309 e. The molecule has 1 aliphatic rings. The average molecular weight is 329 g/mol. The van der Waals surface area contributed by atoms with E-state index in [-0.39, 0.29) is 11.1 Å². The molecule has 0 aliphatic heterocycles. The van der Waals surface area contributed by atoms with Crippen molar-refractivity contribution in [1.29, 1.82) is 0 Å². The van der Waals surface area contributed by atoms with Gasteiger partial charge in [-0.1, -0.05) is 35.2 Å². The number of nitro groups is 1. The maximum Gasteiger partial charge on any atom is 0.334 e. The lowest BCUT2D eigenvalue weighted by Gasteiger charge is -2.36. The van der Waals surface area contributed by atoms with Crippen LogP contribution in [0.3, 0.4) is 0 Å². The molecule has 1 heterocycles. The molecule has 1 saturated carbocycles. The highest BCUT2D eigenvalue weighted by Gasteiger charge is 2.32. The second-order valence-electron chi connectivity index (χ2n) is 5.28. The summed E-state index contributed by atoms with van der Waals surface area (Å²) in [5.74, 6) is 0. The number of hydrogen-bond acceptors (Lipinski definition) is 3. The first-order chi connectivity index (χ1) is 9.08. The second kappa shape index (κ2) is 5.86. The van der Waals surface area contributed by atoms with E-state index in [1.54, 1.807) is 12.3 Å². The molecule has 1 fully saturated rings. The average Bonchev–Trinajstić information content (AvgIpc) is 2.42. The SMILES string of the molecule is O=c1c([N+](=O)[O-])cccn1CC1(CBr)CCCCC1. The molecule has 0 amide bonds. The molecule has 2 rings (SSSR count). The molecule has 0 radical (unpaired) electrons. The predicted octanol–water partition coefficient (Wildman–Crippen LogP) is 3.10. The Kier molecular flexibility index (Phi) is 4.39. The van der Waals surface area contributed by atoms with Gasteiger partial charge in [0.15, 0.2) is 0 Å². The third-order valence-electron chi connectivity index (χ3n) is 3.90. The lowest BCUT2D eigenvalue weighted by molar-refractivity contribution is -0.386. The van der Waals surface area contributed by atoms with Crippen molar-refractivity contribution >= 4 is 21.6 Å². The van der Waals surface area contributed by atoms with Crippen molar-refractivity contribution in [2.24, 2.45) is 5.41 Å². The first-order valence-electron chi connectivity index (χ1n) is 6.48. The van der Waals surface area contributed by atoms with Gasteiger partial charge >= 0.3 is 11.2 Å². The number of pyridine rings is 1. The molecule has 1 aliphatic carbocycles. The predicted molar refractivity (Wildman–Crippen MR) is 76.7 cm³/mol. The van der Waals surface area contributed by atoms with Crippen LogP contribution < -0.4 is 5.56 Å². The fourth-order valence-electron chi connectivity index (χ4n) is 2.78. The maximum atomic E-state index is 12.0. The van der Waals surface area contributed by atoms with E-state index in [1.165, 1.54) is 17.1 Å². The van der Waals surface area contributed by atoms with Gasteiger partial charge < -0.3 is 4.57 Å². The summed E-state index contributed by atoms with van der Waals surface area (Å²) in [6.07, 6.45) is 7.33. The molecule has 0 unspecified atom stereocenters. The van der Waals surface area contributed by atoms with Crippen molar-refractivity contribution < 1.29 is 4.92 Å². The van der Waals surface area contributed by atoms with Crippen LogP contribution in [0.4, 0.5) is 5.69 Å². The number of rotatable bonds is 4. The topological polar surface area (TPSA) is 65.1 Å². The molecule has 5 nitrogen and oxygen atoms in total. The Bertz CT molecular complexity index is 521. The Balaban J connectivity index is 2.30. The van der Waals surface area contributed by atoms with Crippen LogP contribution in [0.2, 0.25) is 0 Å². The Hall–Kier alpha value is -1.17. The lowest BCUT2D eigenvalue weighted by Crippen LogP contribution is -2.35. The van der Waals surface area contributed by atoms with Crippen LogP contribution in [0.1, 0.15) is 32.1 Å². The van der Waals surface area contributed by atoms with Crippen LogP contribution in [0, 0.1) is 15.5 Å². The summed E-state index contributed by atoms with van der Waals surface area (Å²) in [5, 5.41) is 11.6. The minimum atomic E-state index is -0.611. The highest BCUT2D eigenvalue weighted by atomic mass is 79.9. The van der Waals surface area contributed by atoms with Gasteiger partial charge in [-0.05, 0) is 24.3 Å². The first kappa shape index (κ1) is 14.2. The number of halogens is 1. The van der Waals surface area contributed by atoms with Crippen molar-refractivity contribution in [3.8, 4) is 0 Å². The summed E-state index contributed by atoms with van der Waals surface area (Å²) >= 11 is 3.55. The minimum absolute atomic E-state index is 0.0529. The fraction of sp³-hybridized carbons (Fsp3) is 0.615. The molecule has 0 atom stereocenters. The highest BCUT2D eigenvalue weighted by Crippen LogP contribution is 2.39. The zero-order valence-electron chi connectivity index (χ0n) is 10.7. The van der Waals surface area contributed by atoms with Gasteiger partial charge in [0, 0.05) is 24.1 Å². The van der Waals surface area contributed by atoms with Crippen LogP contribution >= 0.6 is 15.9 Å². The lowest BCUT2D eigenvalue weighted by atomic mass is 9.75. The normalized spacial score (nSPS) is 18.2. The summed E-state index contributed by atoms with van der Waals surface area (Å²) < 4.78 is 1.49. The van der Waals surface area contributed by atoms with E-state index in [4.69, 9.17) is 0 Å². The van der Waals surface area contributed by atoms with E-state index < -0.39 is 10.5 Å². The van der Waals surface area contributed by atoms with E-state index in [0.29, 0.717) is 6.54 Å². The third-order valence-corrected chi connectivity index (χ3v) is 5.09. The highest BCUT2D eigenvalue weighted by molar-refractivity contribution is 9.09. The standard InChI is InChI=1S/C13H17BrN2O3/c14-9-13(6-2-1-3-7-13)10-15-8-4-5-11(12(15)17)16(18)19/h4-5,8H,1-3,6-7,9-10H2. The molecular weight excluding hydrogens is 312 g/mol. The number of aromatic nitrogens is 1. The molecule has 19 heavy (non-hydrogen) atoms. The van der Waals surface area contributed by atoms with E-state index >= 15 is 0 Å². The molecule has 0 aromatic carbocycles. The summed E-state index contributed by atoms with van der Waals surface area (Å²) in [7, 11) is 0. The van der Waals surface area contributed by atoms with Crippen LogP contribution in [-0.4, -0.2) is 14.8 Å².